The molecule has 0 radical (unpaired) electrons. The number of hydrogen-bond donors (Lipinski definition) is 2. The predicted molar refractivity (Wildman–Crippen MR) is 84.6 cm³/mol. The highest BCUT2D eigenvalue weighted by Gasteiger charge is 2.09. The lowest BCUT2D eigenvalue weighted by atomic mass is 10.2. The zero-order valence-corrected chi connectivity index (χ0v) is 13.0. The Morgan fingerprint density at radius 2 is 2.14 bits per heavy atom. The van der Waals surface area contributed by atoms with Crippen molar-refractivity contribution in [3.63, 3.8) is 0 Å². The van der Waals surface area contributed by atoms with Gasteiger partial charge in [-0.25, -0.2) is 4.68 Å². The SMILES string of the molecule is S=c1[nH]ncn1NCc1ccc(-c2cc(Cl)ccc2Cl)o1. The summed E-state index contributed by atoms with van der Waals surface area (Å²) in [5.41, 5.74) is 3.83. The molecule has 2 aromatic heterocycles. The molecule has 0 fully saturated rings. The summed E-state index contributed by atoms with van der Waals surface area (Å²) in [4.78, 5) is 0. The van der Waals surface area contributed by atoms with Gasteiger partial charge in [-0.05, 0) is 42.5 Å². The van der Waals surface area contributed by atoms with Crippen LogP contribution in [0.3, 0.4) is 0 Å². The standard InChI is InChI=1S/C13H10Cl2N4OS/c14-8-1-3-11(15)10(5-8)12-4-2-9(20-12)6-17-19-7-16-18-13(19)21/h1-5,7,17H,6H2,(H,18,21). The van der Waals surface area contributed by atoms with Crippen molar-refractivity contribution in [2.24, 2.45) is 0 Å². The number of halogens is 2. The number of nitrogens with zero attached hydrogens (tertiary/aromatic N) is 2. The van der Waals surface area contributed by atoms with Crippen molar-refractivity contribution in [3.8, 4) is 11.3 Å². The second-order valence-corrected chi connectivity index (χ2v) is 5.49. The van der Waals surface area contributed by atoms with E-state index in [2.05, 4.69) is 15.6 Å². The minimum Gasteiger partial charge on any atom is -0.459 e. The van der Waals surface area contributed by atoms with Crippen LogP contribution in [0.2, 0.25) is 10.0 Å². The summed E-state index contributed by atoms with van der Waals surface area (Å²) in [6.07, 6.45) is 1.56. The molecule has 2 heterocycles. The first kappa shape index (κ1) is 14.2. The van der Waals surface area contributed by atoms with E-state index in [1.807, 2.05) is 12.1 Å². The molecule has 0 saturated heterocycles. The second-order valence-electron chi connectivity index (χ2n) is 4.26. The molecule has 0 saturated carbocycles. The van der Waals surface area contributed by atoms with E-state index in [4.69, 9.17) is 39.8 Å². The highest BCUT2D eigenvalue weighted by molar-refractivity contribution is 7.71. The average molecular weight is 341 g/mol. The summed E-state index contributed by atoms with van der Waals surface area (Å²) in [6, 6.07) is 8.96. The Kier molecular flexibility index (Phi) is 4.01. The van der Waals surface area contributed by atoms with Gasteiger partial charge in [-0.15, -0.1) is 0 Å². The maximum absolute atomic E-state index is 6.15. The third kappa shape index (κ3) is 3.12. The van der Waals surface area contributed by atoms with Crippen molar-refractivity contribution in [1.82, 2.24) is 14.9 Å². The summed E-state index contributed by atoms with van der Waals surface area (Å²) in [7, 11) is 0. The molecule has 0 amide bonds. The normalized spacial score (nSPS) is 10.8. The van der Waals surface area contributed by atoms with Crippen LogP contribution >= 0.6 is 35.4 Å². The van der Waals surface area contributed by atoms with Crippen molar-refractivity contribution < 1.29 is 4.42 Å². The van der Waals surface area contributed by atoms with Crippen molar-refractivity contribution in [2.75, 3.05) is 5.43 Å². The average Bonchev–Trinajstić information content (AvgIpc) is 3.08. The first-order chi connectivity index (χ1) is 10.1. The highest BCUT2D eigenvalue weighted by atomic mass is 35.5. The monoisotopic (exact) mass is 340 g/mol. The third-order valence-electron chi connectivity index (χ3n) is 2.83. The fourth-order valence-electron chi connectivity index (χ4n) is 1.83. The van der Waals surface area contributed by atoms with Gasteiger partial charge in [-0.2, -0.15) is 5.10 Å². The number of benzene rings is 1. The van der Waals surface area contributed by atoms with Crippen molar-refractivity contribution >= 4 is 35.4 Å². The smallest absolute Gasteiger partial charge is 0.214 e. The zero-order chi connectivity index (χ0) is 14.8. The molecule has 8 heteroatoms. The van der Waals surface area contributed by atoms with Crippen molar-refractivity contribution in [2.45, 2.75) is 6.54 Å². The zero-order valence-electron chi connectivity index (χ0n) is 10.6. The van der Waals surface area contributed by atoms with Gasteiger partial charge in [0.15, 0.2) is 0 Å². The quantitative estimate of drug-likeness (QED) is 0.697. The van der Waals surface area contributed by atoms with E-state index in [1.165, 1.54) is 0 Å². The Hall–Kier alpha value is -1.76. The van der Waals surface area contributed by atoms with E-state index in [9.17, 15) is 0 Å². The van der Waals surface area contributed by atoms with Gasteiger partial charge in [0.05, 0.1) is 11.6 Å². The molecule has 0 aliphatic rings. The first-order valence-corrected chi connectivity index (χ1v) is 7.20. The molecule has 0 atom stereocenters. The number of nitrogens with one attached hydrogen (secondary N) is 2. The van der Waals surface area contributed by atoms with Crippen LogP contribution in [0.4, 0.5) is 0 Å². The van der Waals surface area contributed by atoms with Gasteiger partial charge in [0.25, 0.3) is 0 Å². The van der Waals surface area contributed by atoms with Crippen LogP contribution in [-0.4, -0.2) is 14.9 Å². The van der Waals surface area contributed by atoms with E-state index < -0.39 is 0 Å². The molecule has 0 spiro atoms. The molecule has 3 rings (SSSR count). The van der Waals surface area contributed by atoms with Crippen LogP contribution < -0.4 is 5.43 Å². The molecule has 3 aromatic rings. The van der Waals surface area contributed by atoms with Crippen molar-refractivity contribution in [3.05, 3.63) is 57.2 Å². The van der Waals surface area contributed by atoms with Gasteiger partial charge in [0.1, 0.15) is 17.8 Å². The van der Waals surface area contributed by atoms with Crippen LogP contribution in [0.25, 0.3) is 11.3 Å². The lowest BCUT2D eigenvalue weighted by Crippen LogP contribution is -2.12. The predicted octanol–water partition coefficient (Wildman–Crippen LogP) is 4.25. The first-order valence-electron chi connectivity index (χ1n) is 6.03. The molecule has 0 aliphatic heterocycles. The Bertz CT molecular complexity index is 823. The summed E-state index contributed by atoms with van der Waals surface area (Å²) in [5, 5.41) is 7.66. The maximum atomic E-state index is 6.15. The van der Waals surface area contributed by atoms with Gasteiger partial charge in [-0.3, -0.25) is 5.10 Å². The van der Waals surface area contributed by atoms with Gasteiger partial charge in [0, 0.05) is 10.6 Å². The summed E-state index contributed by atoms with van der Waals surface area (Å²) in [5.74, 6) is 1.40. The summed E-state index contributed by atoms with van der Waals surface area (Å²) >= 11 is 17.2. The lowest BCUT2D eigenvalue weighted by Gasteiger charge is -2.04. The van der Waals surface area contributed by atoms with E-state index in [0.717, 1.165) is 11.3 Å². The molecule has 2 N–H and O–H groups in total. The fraction of sp³-hybridized carbons (Fsp3) is 0.0769. The number of H-pyrrole nitrogens is 1. The number of aromatic amines is 1. The number of rotatable bonds is 4. The minimum atomic E-state index is 0.464. The highest BCUT2D eigenvalue weighted by Crippen LogP contribution is 2.31. The van der Waals surface area contributed by atoms with Crippen LogP contribution in [0.5, 0.6) is 0 Å². The van der Waals surface area contributed by atoms with Crippen LogP contribution in [0.1, 0.15) is 5.76 Å². The molecule has 21 heavy (non-hydrogen) atoms. The Morgan fingerprint density at radius 1 is 1.29 bits per heavy atom. The van der Waals surface area contributed by atoms with E-state index in [-0.39, 0.29) is 0 Å². The van der Waals surface area contributed by atoms with E-state index in [1.54, 1.807) is 29.2 Å². The molecule has 0 bridgehead atoms. The molecule has 108 valence electrons. The Morgan fingerprint density at radius 3 is 2.90 bits per heavy atom. The van der Waals surface area contributed by atoms with Gasteiger partial charge < -0.3 is 9.84 Å². The summed E-state index contributed by atoms with van der Waals surface area (Å²) < 4.78 is 7.85. The lowest BCUT2D eigenvalue weighted by molar-refractivity contribution is 0.522. The molecular formula is C13H10Cl2N4OS. The maximum Gasteiger partial charge on any atom is 0.214 e. The number of aromatic nitrogens is 3. The van der Waals surface area contributed by atoms with Gasteiger partial charge in [0.2, 0.25) is 4.77 Å². The number of hydrogen-bond acceptors (Lipinski definition) is 4. The third-order valence-corrected chi connectivity index (χ3v) is 3.68. The Labute approximate surface area is 135 Å². The fourth-order valence-corrected chi connectivity index (χ4v) is 2.38. The van der Waals surface area contributed by atoms with Crippen LogP contribution in [-0.2, 0) is 6.54 Å². The topological polar surface area (TPSA) is 58.8 Å². The molecule has 0 unspecified atom stereocenters. The van der Waals surface area contributed by atoms with E-state index in [0.29, 0.717) is 27.1 Å². The number of furan rings is 1. The minimum absolute atomic E-state index is 0.464. The summed E-state index contributed by atoms with van der Waals surface area (Å²) in [6.45, 7) is 0.464. The molecule has 1 aromatic carbocycles. The Balaban J connectivity index is 1.79. The van der Waals surface area contributed by atoms with E-state index >= 15 is 0 Å². The van der Waals surface area contributed by atoms with Gasteiger partial charge in [-0.1, -0.05) is 23.2 Å². The largest absolute Gasteiger partial charge is 0.459 e. The van der Waals surface area contributed by atoms with Gasteiger partial charge >= 0.3 is 0 Å². The van der Waals surface area contributed by atoms with Crippen LogP contribution in [0.15, 0.2) is 41.1 Å². The van der Waals surface area contributed by atoms with Crippen molar-refractivity contribution in [1.29, 1.82) is 0 Å². The van der Waals surface area contributed by atoms with Crippen LogP contribution in [0, 0.1) is 4.77 Å². The molecule has 5 nitrogen and oxygen atoms in total. The second kappa shape index (κ2) is 5.93. The molecule has 0 aliphatic carbocycles. The molecular weight excluding hydrogens is 331 g/mol.